The summed E-state index contributed by atoms with van der Waals surface area (Å²) in [6.45, 7) is 2.08. The number of hydrogen-bond acceptors (Lipinski definition) is 2. The van der Waals surface area contributed by atoms with Gasteiger partial charge in [-0.05, 0) is 25.7 Å². The summed E-state index contributed by atoms with van der Waals surface area (Å²) >= 11 is -0.164. The van der Waals surface area contributed by atoms with Crippen LogP contribution < -0.4 is 0 Å². The fraction of sp³-hybridized carbons (Fsp3) is 0.667. The molecule has 2 N–H and O–H groups in total. The van der Waals surface area contributed by atoms with E-state index in [0.717, 1.165) is 18.2 Å². The topological polar surface area (TPSA) is 74.6 Å². The average Bonchev–Trinajstić information content (AvgIpc) is 2.46. The van der Waals surface area contributed by atoms with Crippen molar-refractivity contribution in [3.05, 3.63) is 24.3 Å². The van der Waals surface area contributed by atoms with Gasteiger partial charge in [0.15, 0.2) is 0 Å². The number of carboxylic acids is 2. The van der Waals surface area contributed by atoms with Gasteiger partial charge in [-0.15, -0.1) is 0 Å². The molecule has 1 aliphatic rings. The van der Waals surface area contributed by atoms with Gasteiger partial charge in [-0.25, -0.2) is 0 Å². The molecule has 6 heteroatoms. The van der Waals surface area contributed by atoms with Crippen LogP contribution in [0.25, 0.3) is 0 Å². The molecule has 0 aromatic carbocycles. The second-order valence-electron chi connectivity index (χ2n) is 5.23. The third-order valence-electron chi connectivity index (χ3n) is 3.10. The van der Waals surface area contributed by atoms with Crippen LogP contribution in [-0.2, 0) is 23.0 Å². The van der Waals surface area contributed by atoms with Crippen molar-refractivity contribution in [2.24, 2.45) is 0 Å². The smallest absolute Gasteiger partial charge is 0.153 e. The molecule has 4 nitrogen and oxygen atoms in total. The SMILES string of the molecule is C1=C\CCCC\C=C/1.CCC[CH2][Ni]([CH2]CC(=O)O)[CH2]CC(=O)O.P. The first-order valence-corrected chi connectivity index (χ1v) is 10.4. The average molecular weight is 404 g/mol. The Balaban J connectivity index is 0. The van der Waals surface area contributed by atoms with Gasteiger partial charge in [0.05, 0.1) is 0 Å². The van der Waals surface area contributed by atoms with Crippen molar-refractivity contribution in [2.75, 3.05) is 0 Å². The predicted octanol–water partition coefficient (Wildman–Crippen LogP) is 5.34. The maximum Gasteiger partial charge on any atom is -0.153 e. The summed E-state index contributed by atoms with van der Waals surface area (Å²) in [4.78, 5) is 20.8. The van der Waals surface area contributed by atoms with Crippen LogP contribution in [0.3, 0.4) is 0 Å². The third kappa shape index (κ3) is 19.4. The zero-order valence-corrected chi connectivity index (χ0v) is 17.2. The zero-order valence-electron chi connectivity index (χ0n) is 14.8. The molecule has 0 saturated carbocycles. The van der Waals surface area contributed by atoms with Gasteiger partial charge >= 0.3 is 93.9 Å². The van der Waals surface area contributed by atoms with Gasteiger partial charge in [-0.1, -0.05) is 24.3 Å². The molecule has 0 spiro atoms. The van der Waals surface area contributed by atoms with Crippen molar-refractivity contribution >= 4 is 21.8 Å². The van der Waals surface area contributed by atoms with Crippen molar-refractivity contribution < 1.29 is 33.2 Å². The molecule has 24 heavy (non-hydrogen) atoms. The number of aliphatic carboxylic acids is 2. The second kappa shape index (κ2) is 18.7. The van der Waals surface area contributed by atoms with Crippen LogP contribution in [-0.4, -0.2) is 22.2 Å². The van der Waals surface area contributed by atoms with Crippen molar-refractivity contribution in [3.8, 4) is 0 Å². The summed E-state index contributed by atoms with van der Waals surface area (Å²) in [7, 11) is 0. The minimum Gasteiger partial charge on any atom is -0.153 e. The van der Waals surface area contributed by atoms with Crippen LogP contribution in [0.2, 0.25) is 16.2 Å². The Kier molecular flexibility index (Phi) is 19.9. The van der Waals surface area contributed by atoms with Gasteiger partial charge in [0.2, 0.25) is 0 Å². The molecule has 1 aliphatic carbocycles. The van der Waals surface area contributed by atoms with Crippen LogP contribution in [0.1, 0.15) is 58.3 Å². The number of carboxylic acid groups (broad SMARTS) is 2. The molecule has 0 aromatic rings. The molecule has 0 radical (unpaired) electrons. The summed E-state index contributed by atoms with van der Waals surface area (Å²) in [5.41, 5.74) is 0. The normalized spacial score (nSPS) is 16.3. The number of carbonyl (C=O) groups is 2. The number of allylic oxidation sites excluding steroid dienone is 4. The Morgan fingerprint density at radius 2 is 1.38 bits per heavy atom. The molecule has 1 unspecified atom stereocenters. The Labute approximate surface area is 154 Å². The van der Waals surface area contributed by atoms with E-state index in [1.807, 2.05) is 0 Å². The van der Waals surface area contributed by atoms with E-state index in [1.54, 1.807) is 0 Å². The van der Waals surface area contributed by atoms with Crippen LogP contribution >= 0.6 is 9.90 Å². The van der Waals surface area contributed by atoms with Gasteiger partial charge in [0, 0.05) is 0 Å². The first-order valence-electron chi connectivity index (χ1n) is 8.26. The second-order valence-corrected chi connectivity index (χ2v) is 8.19. The van der Waals surface area contributed by atoms with Gasteiger partial charge in [0.25, 0.3) is 0 Å². The number of rotatable bonds is 9. The molecular formula is C18H34NiO4P. The molecule has 0 bridgehead atoms. The van der Waals surface area contributed by atoms with E-state index in [0.29, 0.717) is 10.8 Å². The van der Waals surface area contributed by atoms with Gasteiger partial charge in [-0.2, -0.15) is 9.90 Å². The van der Waals surface area contributed by atoms with Gasteiger partial charge < -0.3 is 0 Å². The van der Waals surface area contributed by atoms with Crippen LogP contribution in [0.4, 0.5) is 0 Å². The first-order chi connectivity index (χ1) is 11.1. The molecule has 1 atom stereocenters. The Bertz CT molecular complexity index is 351. The molecule has 0 aromatic heterocycles. The van der Waals surface area contributed by atoms with Crippen molar-refractivity contribution in [1.29, 1.82) is 0 Å². The first kappa shape index (κ1) is 25.6. The van der Waals surface area contributed by atoms with E-state index in [-0.39, 0.29) is 36.2 Å². The predicted molar refractivity (Wildman–Crippen MR) is 102 cm³/mol. The molecule has 145 valence electrons. The Morgan fingerprint density at radius 3 is 1.75 bits per heavy atom. The summed E-state index contributed by atoms with van der Waals surface area (Å²) in [5.74, 6) is -1.58. The molecular weight excluding hydrogens is 370 g/mol. The van der Waals surface area contributed by atoms with E-state index in [1.165, 1.54) is 25.7 Å². The van der Waals surface area contributed by atoms with Crippen LogP contribution in [0, 0.1) is 0 Å². The maximum atomic E-state index is 10.4. The molecule has 0 amide bonds. The minimum atomic E-state index is -0.789. The zero-order chi connectivity index (χ0) is 17.3. The summed E-state index contributed by atoms with van der Waals surface area (Å²) < 4.78 is 0. The van der Waals surface area contributed by atoms with E-state index in [2.05, 4.69) is 31.2 Å². The molecule has 0 heterocycles. The van der Waals surface area contributed by atoms with E-state index < -0.39 is 11.9 Å². The fourth-order valence-corrected chi connectivity index (χ4v) is 4.44. The monoisotopic (exact) mass is 403 g/mol. The Hall–Kier alpha value is -0.656. The van der Waals surface area contributed by atoms with E-state index in [4.69, 9.17) is 10.2 Å². The Morgan fingerprint density at radius 1 is 0.917 bits per heavy atom. The standard InChI is InChI=1S/C8H12.C4H9.2C3H5O2.Ni.H3P/c1-2-4-6-8-7-5-3-1;1-3-4-2;2*1-2-3(4)5;;/h1-4H,5-8H2;1,3-4H2,2H3;2*1-2H2,(H,4,5);;1H3/b3-1-,4-2-;;;;;. The van der Waals surface area contributed by atoms with E-state index >= 15 is 0 Å². The van der Waals surface area contributed by atoms with Crippen molar-refractivity contribution in [2.45, 2.75) is 74.5 Å². The maximum absolute atomic E-state index is 10.4. The fourth-order valence-electron chi connectivity index (χ4n) is 1.74. The molecule has 1 rings (SSSR count). The number of hydrogen-bond donors (Lipinski definition) is 2. The molecule has 0 fully saturated rings. The van der Waals surface area contributed by atoms with Crippen LogP contribution in [0.5, 0.6) is 0 Å². The van der Waals surface area contributed by atoms with Crippen LogP contribution in [0.15, 0.2) is 24.3 Å². The van der Waals surface area contributed by atoms with Gasteiger partial charge in [0.1, 0.15) is 0 Å². The largest absolute Gasteiger partial charge is 0.153 e. The van der Waals surface area contributed by atoms with E-state index in [9.17, 15) is 9.59 Å². The van der Waals surface area contributed by atoms with Gasteiger partial charge in [-0.3, -0.25) is 0 Å². The molecule has 0 saturated heterocycles. The summed E-state index contributed by atoms with van der Waals surface area (Å²) in [5, 5.41) is 19.4. The summed E-state index contributed by atoms with van der Waals surface area (Å²) in [6, 6.07) is 0. The quantitative estimate of drug-likeness (QED) is 0.402. The summed E-state index contributed by atoms with van der Waals surface area (Å²) in [6.07, 6.45) is 16.5. The number of unbranched alkanes of at least 4 members (excludes halogenated alkanes) is 1. The van der Waals surface area contributed by atoms with Crippen molar-refractivity contribution in [1.82, 2.24) is 0 Å². The third-order valence-corrected chi connectivity index (χ3v) is 6.03. The van der Waals surface area contributed by atoms with Crippen molar-refractivity contribution in [3.63, 3.8) is 0 Å². The molecule has 0 aliphatic heterocycles. The minimum absolute atomic E-state index is 0.